The molecule has 0 aliphatic heterocycles. The molecule has 0 unspecified atom stereocenters. The molecule has 0 rings (SSSR count). The number of ketones is 1. The van der Waals surface area contributed by atoms with Crippen LogP contribution in [0.2, 0.25) is 0 Å². The van der Waals surface area contributed by atoms with Crippen molar-refractivity contribution >= 4 is 27.7 Å². The quantitative estimate of drug-likeness (QED) is 0.179. The number of carbonyl (C=O) groups is 2. The van der Waals surface area contributed by atoms with E-state index in [1.807, 2.05) is 13.8 Å². The largest absolute Gasteiger partial charge is 0.462 e. The van der Waals surface area contributed by atoms with Crippen LogP contribution in [0.25, 0.3) is 0 Å². The number of rotatable bonds is 7. The molecule has 0 aliphatic rings. The lowest BCUT2D eigenvalue weighted by Crippen LogP contribution is -2.17. The number of unbranched alkanes of at least 4 members (excludes halogenated alkanes) is 1. The van der Waals surface area contributed by atoms with Crippen LogP contribution in [0.1, 0.15) is 33.1 Å². The van der Waals surface area contributed by atoms with Crippen LogP contribution in [0.15, 0.2) is 11.6 Å². The smallest absolute Gasteiger partial charge is 0.341 e. The van der Waals surface area contributed by atoms with Crippen LogP contribution in [-0.4, -0.2) is 23.7 Å². The average Bonchev–Trinajstić information content (AvgIpc) is 2.25. The van der Waals surface area contributed by atoms with Crippen LogP contribution in [0, 0.1) is 0 Å². The minimum atomic E-state index is -0.505. The summed E-state index contributed by atoms with van der Waals surface area (Å²) in [6.45, 7) is 4.27. The van der Waals surface area contributed by atoms with Gasteiger partial charge in [-0.2, -0.15) is 0 Å². The third-order valence-corrected chi connectivity index (χ3v) is 2.29. The molecule has 0 amide bonds. The molecule has 86 valence electrons. The van der Waals surface area contributed by atoms with Crippen molar-refractivity contribution in [2.75, 3.05) is 11.9 Å². The molecule has 0 saturated carbocycles. The third-order valence-electron chi connectivity index (χ3n) is 1.78. The van der Waals surface area contributed by atoms with E-state index in [1.54, 1.807) is 6.08 Å². The molecule has 0 spiro atoms. The molecule has 3 nitrogen and oxygen atoms in total. The SMILES string of the molecule is CCC=C(C(=O)CBr)C(=O)OCCCC. The lowest BCUT2D eigenvalue weighted by atomic mass is 10.1. The van der Waals surface area contributed by atoms with E-state index in [0.29, 0.717) is 13.0 Å². The molecule has 4 heteroatoms. The van der Waals surface area contributed by atoms with Crippen molar-refractivity contribution in [1.29, 1.82) is 0 Å². The van der Waals surface area contributed by atoms with Crippen LogP contribution in [-0.2, 0) is 14.3 Å². The third kappa shape index (κ3) is 5.72. The van der Waals surface area contributed by atoms with Crippen molar-refractivity contribution in [1.82, 2.24) is 0 Å². The summed E-state index contributed by atoms with van der Waals surface area (Å²) in [6, 6.07) is 0. The van der Waals surface area contributed by atoms with Gasteiger partial charge in [0.15, 0.2) is 5.78 Å². The molecule has 0 N–H and O–H groups in total. The number of Topliss-reactive ketones (excluding diaryl/α,β-unsaturated/α-hetero) is 1. The summed E-state index contributed by atoms with van der Waals surface area (Å²) in [4.78, 5) is 22.8. The summed E-state index contributed by atoms with van der Waals surface area (Å²) in [6.07, 6.45) is 4.05. The lowest BCUT2D eigenvalue weighted by Gasteiger charge is -2.05. The second-order valence-corrected chi connectivity index (χ2v) is 3.63. The van der Waals surface area contributed by atoms with Gasteiger partial charge in [-0.15, -0.1) is 0 Å². The standard InChI is InChI=1S/C11H17BrO3/c1-3-5-7-15-11(14)9(6-4-2)10(13)8-12/h6H,3-5,7-8H2,1-2H3. The number of halogens is 1. The van der Waals surface area contributed by atoms with Crippen LogP contribution in [0.4, 0.5) is 0 Å². The number of hydrogen-bond acceptors (Lipinski definition) is 3. The maximum Gasteiger partial charge on any atom is 0.341 e. The Morgan fingerprint density at radius 3 is 2.47 bits per heavy atom. The molecular weight excluding hydrogens is 260 g/mol. The van der Waals surface area contributed by atoms with Gasteiger partial charge in [0, 0.05) is 0 Å². The average molecular weight is 277 g/mol. The van der Waals surface area contributed by atoms with E-state index in [9.17, 15) is 9.59 Å². The van der Waals surface area contributed by atoms with E-state index in [4.69, 9.17) is 4.74 Å². The van der Waals surface area contributed by atoms with Gasteiger partial charge < -0.3 is 4.74 Å². The van der Waals surface area contributed by atoms with E-state index >= 15 is 0 Å². The zero-order valence-corrected chi connectivity index (χ0v) is 10.8. The van der Waals surface area contributed by atoms with Gasteiger partial charge >= 0.3 is 5.97 Å². The number of alkyl halides is 1. The van der Waals surface area contributed by atoms with Gasteiger partial charge in [-0.3, -0.25) is 4.79 Å². The Balaban J connectivity index is 4.31. The van der Waals surface area contributed by atoms with Crippen molar-refractivity contribution in [3.8, 4) is 0 Å². The van der Waals surface area contributed by atoms with E-state index in [2.05, 4.69) is 15.9 Å². The van der Waals surface area contributed by atoms with E-state index in [-0.39, 0.29) is 16.7 Å². The summed E-state index contributed by atoms with van der Waals surface area (Å²) in [5.41, 5.74) is 0.158. The summed E-state index contributed by atoms with van der Waals surface area (Å²) in [5, 5.41) is 0.154. The first-order valence-corrected chi connectivity index (χ1v) is 6.25. The molecule has 0 aromatic rings. The molecular formula is C11H17BrO3. The fourth-order valence-electron chi connectivity index (χ4n) is 0.974. The molecule has 0 saturated heterocycles. The summed E-state index contributed by atoms with van der Waals surface area (Å²) >= 11 is 3.04. The van der Waals surface area contributed by atoms with E-state index < -0.39 is 5.97 Å². The van der Waals surface area contributed by atoms with Crippen LogP contribution in [0.3, 0.4) is 0 Å². The minimum absolute atomic E-state index is 0.154. The van der Waals surface area contributed by atoms with Crippen LogP contribution >= 0.6 is 15.9 Å². The van der Waals surface area contributed by atoms with Crippen molar-refractivity contribution in [3.63, 3.8) is 0 Å². The highest BCUT2D eigenvalue weighted by Crippen LogP contribution is 2.05. The molecule has 0 aromatic heterocycles. The maximum absolute atomic E-state index is 11.5. The second kappa shape index (κ2) is 8.65. The zero-order valence-electron chi connectivity index (χ0n) is 9.22. The Morgan fingerprint density at radius 1 is 1.33 bits per heavy atom. The van der Waals surface area contributed by atoms with Crippen molar-refractivity contribution in [2.24, 2.45) is 0 Å². The number of hydrogen-bond donors (Lipinski definition) is 0. The van der Waals surface area contributed by atoms with Crippen molar-refractivity contribution < 1.29 is 14.3 Å². The lowest BCUT2D eigenvalue weighted by molar-refractivity contribution is -0.140. The Kier molecular flexibility index (Phi) is 8.28. The molecule has 0 heterocycles. The van der Waals surface area contributed by atoms with Crippen molar-refractivity contribution in [3.05, 3.63) is 11.6 Å². The van der Waals surface area contributed by atoms with Crippen LogP contribution in [0.5, 0.6) is 0 Å². The molecule has 0 radical (unpaired) electrons. The fraction of sp³-hybridized carbons (Fsp3) is 0.636. The fourth-order valence-corrected chi connectivity index (χ4v) is 1.28. The predicted octanol–water partition coefficient (Wildman–Crippen LogP) is 2.63. The van der Waals surface area contributed by atoms with Gasteiger partial charge in [0.05, 0.1) is 17.5 Å². The highest BCUT2D eigenvalue weighted by molar-refractivity contribution is 9.09. The summed E-state index contributed by atoms with van der Waals surface area (Å²) in [5.74, 6) is -0.729. The Bertz CT molecular complexity index is 246. The van der Waals surface area contributed by atoms with Gasteiger partial charge in [0.25, 0.3) is 0 Å². The van der Waals surface area contributed by atoms with Gasteiger partial charge in [0.2, 0.25) is 0 Å². The summed E-state index contributed by atoms with van der Waals surface area (Å²) < 4.78 is 4.97. The topological polar surface area (TPSA) is 43.4 Å². The number of ether oxygens (including phenoxy) is 1. The van der Waals surface area contributed by atoms with Gasteiger partial charge in [-0.05, 0) is 12.8 Å². The number of allylic oxidation sites excluding steroid dienone is 1. The Hall–Kier alpha value is -0.640. The van der Waals surface area contributed by atoms with Gasteiger partial charge in [-0.25, -0.2) is 4.79 Å². The molecule has 0 fully saturated rings. The van der Waals surface area contributed by atoms with E-state index in [1.165, 1.54) is 0 Å². The normalized spacial score (nSPS) is 11.3. The highest BCUT2D eigenvalue weighted by atomic mass is 79.9. The maximum atomic E-state index is 11.5. The molecule has 0 bridgehead atoms. The first-order chi connectivity index (χ1) is 7.17. The number of esters is 1. The van der Waals surface area contributed by atoms with Gasteiger partial charge in [-0.1, -0.05) is 42.3 Å². The minimum Gasteiger partial charge on any atom is -0.462 e. The summed E-state index contributed by atoms with van der Waals surface area (Å²) in [7, 11) is 0. The zero-order chi connectivity index (χ0) is 11.7. The first kappa shape index (κ1) is 14.4. The first-order valence-electron chi connectivity index (χ1n) is 5.13. The molecule has 0 aromatic carbocycles. The second-order valence-electron chi connectivity index (χ2n) is 3.07. The molecule has 0 atom stereocenters. The Labute approximate surface area is 99.0 Å². The molecule has 0 aliphatic carbocycles. The monoisotopic (exact) mass is 276 g/mol. The van der Waals surface area contributed by atoms with E-state index in [0.717, 1.165) is 12.8 Å². The number of carbonyl (C=O) groups excluding carboxylic acids is 2. The molecule has 15 heavy (non-hydrogen) atoms. The van der Waals surface area contributed by atoms with Gasteiger partial charge in [0.1, 0.15) is 0 Å². The van der Waals surface area contributed by atoms with Crippen LogP contribution < -0.4 is 0 Å². The predicted molar refractivity (Wildman–Crippen MR) is 63.0 cm³/mol. The Morgan fingerprint density at radius 2 is 2.00 bits per heavy atom. The highest BCUT2D eigenvalue weighted by Gasteiger charge is 2.17. The van der Waals surface area contributed by atoms with Crippen molar-refractivity contribution in [2.45, 2.75) is 33.1 Å².